The fraction of sp³-hybridized carbons (Fsp3) is 1.00. The molecule has 1 aliphatic rings. The molecule has 114 valence electrons. The van der Waals surface area contributed by atoms with Gasteiger partial charge in [0.25, 0.3) is 0 Å². The quantitative estimate of drug-likeness (QED) is 0.854. The first-order valence-electron chi connectivity index (χ1n) is 7.09. The van der Waals surface area contributed by atoms with Gasteiger partial charge in [-0.1, -0.05) is 13.8 Å². The summed E-state index contributed by atoms with van der Waals surface area (Å²) in [7, 11) is 0. The van der Waals surface area contributed by atoms with Crippen LogP contribution >= 0.6 is 0 Å². The first kappa shape index (κ1) is 16.8. The van der Waals surface area contributed by atoms with Crippen LogP contribution in [0.2, 0.25) is 0 Å². The largest absolute Gasteiger partial charge is 0.401 e. The van der Waals surface area contributed by atoms with Crippen LogP contribution in [0, 0.1) is 17.8 Å². The SMILES string of the molecule is CC1CC(C)C(CN(CC(F)(F)F)C(C)C)C(O)C1. The van der Waals surface area contributed by atoms with Gasteiger partial charge in [-0.25, -0.2) is 0 Å². The van der Waals surface area contributed by atoms with Crippen molar-refractivity contribution in [3.8, 4) is 0 Å². The van der Waals surface area contributed by atoms with E-state index in [0.717, 1.165) is 6.42 Å². The van der Waals surface area contributed by atoms with Crippen LogP contribution in [-0.2, 0) is 0 Å². The van der Waals surface area contributed by atoms with Crippen LogP contribution in [-0.4, -0.2) is 41.4 Å². The third-order valence-corrected chi connectivity index (χ3v) is 4.20. The van der Waals surface area contributed by atoms with E-state index in [-0.39, 0.29) is 17.9 Å². The van der Waals surface area contributed by atoms with Crippen LogP contribution in [0.4, 0.5) is 13.2 Å². The highest BCUT2D eigenvalue weighted by atomic mass is 19.4. The Bertz CT molecular complexity index is 268. The van der Waals surface area contributed by atoms with E-state index in [1.807, 2.05) is 6.92 Å². The van der Waals surface area contributed by atoms with Crippen molar-refractivity contribution < 1.29 is 18.3 Å². The molecule has 0 saturated heterocycles. The van der Waals surface area contributed by atoms with Gasteiger partial charge in [-0.15, -0.1) is 0 Å². The summed E-state index contributed by atoms with van der Waals surface area (Å²) in [6.45, 7) is 7.10. The first-order valence-corrected chi connectivity index (χ1v) is 7.09. The normalized spacial score (nSPS) is 33.2. The zero-order valence-corrected chi connectivity index (χ0v) is 12.2. The zero-order chi connectivity index (χ0) is 14.8. The third kappa shape index (κ3) is 5.30. The molecule has 1 aliphatic carbocycles. The number of aliphatic hydroxyl groups is 1. The molecule has 0 aromatic rings. The Balaban J connectivity index is 2.67. The summed E-state index contributed by atoms with van der Waals surface area (Å²) in [5.74, 6) is 0.672. The number of halogens is 3. The second kappa shape index (κ2) is 6.44. The maximum atomic E-state index is 12.6. The minimum absolute atomic E-state index is 0.0547. The lowest BCUT2D eigenvalue weighted by Gasteiger charge is -2.41. The van der Waals surface area contributed by atoms with E-state index in [4.69, 9.17) is 0 Å². The molecule has 4 unspecified atom stereocenters. The summed E-state index contributed by atoms with van der Waals surface area (Å²) in [4.78, 5) is 1.43. The molecule has 0 amide bonds. The molecule has 0 spiro atoms. The van der Waals surface area contributed by atoms with E-state index >= 15 is 0 Å². The fourth-order valence-electron chi connectivity index (χ4n) is 3.13. The summed E-state index contributed by atoms with van der Waals surface area (Å²) in [5.41, 5.74) is 0. The summed E-state index contributed by atoms with van der Waals surface area (Å²) in [5, 5.41) is 10.1. The Labute approximate surface area is 114 Å². The van der Waals surface area contributed by atoms with Gasteiger partial charge in [-0.3, -0.25) is 4.90 Å². The molecule has 0 aromatic heterocycles. The Morgan fingerprint density at radius 1 is 1.21 bits per heavy atom. The maximum Gasteiger partial charge on any atom is 0.401 e. The van der Waals surface area contributed by atoms with Crippen molar-refractivity contribution in [2.24, 2.45) is 17.8 Å². The van der Waals surface area contributed by atoms with Crippen molar-refractivity contribution in [2.75, 3.05) is 13.1 Å². The van der Waals surface area contributed by atoms with Crippen molar-refractivity contribution in [1.29, 1.82) is 0 Å². The van der Waals surface area contributed by atoms with Crippen LogP contribution in [0.5, 0.6) is 0 Å². The molecule has 0 aromatic carbocycles. The lowest BCUT2D eigenvalue weighted by Crippen LogP contribution is -2.47. The summed E-state index contributed by atoms with van der Waals surface area (Å²) in [6, 6.07) is -0.166. The monoisotopic (exact) mass is 281 g/mol. The highest BCUT2D eigenvalue weighted by Crippen LogP contribution is 2.35. The highest BCUT2D eigenvalue weighted by Gasteiger charge is 2.37. The molecule has 4 atom stereocenters. The Hall–Kier alpha value is -0.290. The number of rotatable bonds is 4. The van der Waals surface area contributed by atoms with E-state index in [2.05, 4.69) is 6.92 Å². The smallest absolute Gasteiger partial charge is 0.393 e. The van der Waals surface area contributed by atoms with Crippen LogP contribution in [0.3, 0.4) is 0 Å². The maximum absolute atomic E-state index is 12.6. The predicted octanol–water partition coefficient (Wildman–Crippen LogP) is 3.30. The van der Waals surface area contributed by atoms with E-state index in [1.54, 1.807) is 13.8 Å². The van der Waals surface area contributed by atoms with Crippen LogP contribution in [0.15, 0.2) is 0 Å². The topological polar surface area (TPSA) is 23.5 Å². The second-order valence-electron chi connectivity index (χ2n) is 6.42. The molecule has 0 bridgehead atoms. The van der Waals surface area contributed by atoms with Crippen LogP contribution in [0.1, 0.15) is 40.5 Å². The van der Waals surface area contributed by atoms with Gasteiger partial charge in [0.2, 0.25) is 0 Å². The van der Waals surface area contributed by atoms with Gasteiger partial charge < -0.3 is 5.11 Å². The van der Waals surface area contributed by atoms with Gasteiger partial charge >= 0.3 is 6.18 Å². The second-order valence-corrected chi connectivity index (χ2v) is 6.42. The number of hydrogen-bond acceptors (Lipinski definition) is 2. The van der Waals surface area contributed by atoms with E-state index in [9.17, 15) is 18.3 Å². The number of alkyl halides is 3. The van der Waals surface area contributed by atoms with E-state index < -0.39 is 18.8 Å². The molecule has 0 aliphatic heterocycles. The van der Waals surface area contributed by atoms with Crippen molar-refractivity contribution in [3.05, 3.63) is 0 Å². The summed E-state index contributed by atoms with van der Waals surface area (Å²) in [6.07, 6.45) is -2.97. The average molecular weight is 281 g/mol. The lowest BCUT2D eigenvalue weighted by molar-refractivity contribution is -0.154. The van der Waals surface area contributed by atoms with Gasteiger partial charge in [0.15, 0.2) is 0 Å². The molecule has 1 N–H and O–H groups in total. The lowest BCUT2D eigenvalue weighted by atomic mass is 9.73. The Morgan fingerprint density at radius 3 is 2.21 bits per heavy atom. The van der Waals surface area contributed by atoms with Gasteiger partial charge in [0.1, 0.15) is 0 Å². The van der Waals surface area contributed by atoms with Gasteiger partial charge in [0, 0.05) is 18.5 Å². The number of nitrogens with zero attached hydrogens (tertiary/aromatic N) is 1. The molecule has 1 fully saturated rings. The molecular weight excluding hydrogens is 255 g/mol. The summed E-state index contributed by atoms with van der Waals surface area (Å²) >= 11 is 0. The highest BCUT2D eigenvalue weighted by molar-refractivity contribution is 4.86. The molecule has 2 nitrogen and oxygen atoms in total. The van der Waals surface area contributed by atoms with Crippen LogP contribution in [0.25, 0.3) is 0 Å². The van der Waals surface area contributed by atoms with Crippen LogP contribution < -0.4 is 0 Å². The Kier molecular flexibility index (Phi) is 5.68. The van der Waals surface area contributed by atoms with Gasteiger partial charge in [-0.2, -0.15) is 13.2 Å². The predicted molar refractivity (Wildman–Crippen MR) is 69.8 cm³/mol. The molecular formula is C14H26F3NO. The fourth-order valence-corrected chi connectivity index (χ4v) is 3.13. The average Bonchev–Trinajstić information content (AvgIpc) is 2.19. The van der Waals surface area contributed by atoms with E-state index in [0.29, 0.717) is 18.9 Å². The standard InChI is InChI=1S/C14H26F3NO/c1-9(2)18(8-14(15,16)17)7-12-11(4)5-10(3)6-13(12)19/h9-13,19H,5-8H2,1-4H3. The molecule has 1 saturated carbocycles. The third-order valence-electron chi connectivity index (χ3n) is 4.20. The van der Waals surface area contributed by atoms with Crippen molar-refractivity contribution in [1.82, 2.24) is 4.90 Å². The minimum atomic E-state index is -4.18. The number of aliphatic hydroxyl groups excluding tert-OH is 1. The van der Waals surface area contributed by atoms with Gasteiger partial charge in [-0.05, 0) is 38.5 Å². The molecule has 5 heteroatoms. The molecule has 0 heterocycles. The van der Waals surface area contributed by atoms with E-state index in [1.165, 1.54) is 4.90 Å². The molecule has 19 heavy (non-hydrogen) atoms. The minimum Gasteiger partial charge on any atom is -0.393 e. The molecule has 1 rings (SSSR count). The molecule has 0 radical (unpaired) electrons. The van der Waals surface area contributed by atoms with Crippen molar-refractivity contribution in [3.63, 3.8) is 0 Å². The van der Waals surface area contributed by atoms with Crippen molar-refractivity contribution in [2.45, 2.75) is 58.9 Å². The zero-order valence-electron chi connectivity index (χ0n) is 12.2. The first-order chi connectivity index (χ1) is 8.60. The summed E-state index contributed by atoms with van der Waals surface area (Å²) < 4.78 is 37.7. The van der Waals surface area contributed by atoms with Gasteiger partial charge in [0.05, 0.1) is 12.6 Å². The number of hydrogen-bond donors (Lipinski definition) is 1. The van der Waals surface area contributed by atoms with Crippen molar-refractivity contribution >= 4 is 0 Å². The Morgan fingerprint density at radius 2 is 1.79 bits per heavy atom.